The van der Waals surface area contributed by atoms with Crippen LogP contribution < -0.4 is 9.47 Å². The molecule has 0 N–H and O–H groups in total. The van der Waals surface area contributed by atoms with Crippen LogP contribution in [0.1, 0.15) is 15.9 Å². The molecule has 2 aromatic rings. The molecule has 0 saturated heterocycles. The summed E-state index contributed by atoms with van der Waals surface area (Å²) in [6, 6.07) is 13.0. The smallest absolute Gasteiger partial charge is 0.231 e. The molecule has 21 heavy (non-hydrogen) atoms. The van der Waals surface area contributed by atoms with E-state index in [9.17, 15) is 4.79 Å². The number of benzene rings is 2. The minimum Gasteiger partial charge on any atom is -0.454 e. The van der Waals surface area contributed by atoms with E-state index < -0.39 is 0 Å². The molecule has 1 aliphatic rings. The van der Waals surface area contributed by atoms with Crippen LogP contribution in [0.4, 0.5) is 0 Å². The number of ketones is 1. The van der Waals surface area contributed by atoms with E-state index in [0.717, 1.165) is 16.3 Å². The van der Waals surface area contributed by atoms with Crippen molar-refractivity contribution in [1.29, 1.82) is 0 Å². The summed E-state index contributed by atoms with van der Waals surface area (Å²) in [7, 11) is 0. The van der Waals surface area contributed by atoms with Gasteiger partial charge in [0.15, 0.2) is 17.3 Å². The minimum atomic E-state index is 0.0901. The predicted octanol–water partition coefficient (Wildman–Crippen LogP) is 4.18. The summed E-state index contributed by atoms with van der Waals surface area (Å²) < 4.78 is 10.5. The molecular formula is C16H13ClO3S. The van der Waals surface area contributed by atoms with Crippen LogP contribution in [-0.4, -0.2) is 18.3 Å². The Morgan fingerprint density at radius 2 is 1.86 bits per heavy atom. The van der Waals surface area contributed by atoms with E-state index in [1.54, 1.807) is 30.0 Å². The van der Waals surface area contributed by atoms with Crippen molar-refractivity contribution in [1.82, 2.24) is 0 Å². The quantitative estimate of drug-likeness (QED) is 0.774. The van der Waals surface area contributed by atoms with E-state index in [1.165, 1.54) is 0 Å². The Balaban J connectivity index is 1.55. The van der Waals surface area contributed by atoms with Crippen LogP contribution in [0.2, 0.25) is 5.02 Å². The lowest BCUT2D eigenvalue weighted by Gasteiger charge is -2.03. The molecule has 0 atom stereocenters. The van der Waals surface area contributed by atoms with Gasteiger partial charge in [-0.25, -0.2) is 0 Å². The van der Waals surface area contributed by atoms with E-state index in [2.05, 4.69) is 0 Å². The third-order valence-electron chi connectivity index (χ3n) is 3.11. The number of ether oxygens (including phenoxy) is 2. The van der Waals surface area contributed by atoms with Gasteiger partial charge in [-0.1, -0.05) is 23.7 Å². The standard InChI is InChI=1S/C16H13ClO3S/c17-13-4-1-11(2-5-13)8-21-9-14(18)12-3-6-15-16(7-12)20-10-19-15/h1-7H,8-10H2. The fourth-order valence-corrected chi connectivity index (χ4v) is 3.00. The number of Topliss-reactive ketones (excluding diaryl/α,β-unsaturated/α-hetero) is 1. The summed E-state index contributed by atoms with van der Waals surface area (Å²) in [5.74, 6) is 2.65. The second-order valence-electron chi connectivity index (χ2n) is 4.61. The van der Waals surface area contributed by atoms with Gasteiger partial charge >= 0.3 is 0 Å². The van der Waals surface area contributed by atoms with Crippen molar-refractivity contribution >= 4 is 29.1 Å². The van der Waals surface area contributed by atoms with E-state index in [1.807, 2.05) is 24.3 Å². The summed E-state index contributed by atoms with van der Waals surface area (Å²) in [4.78, 5) is 12.2. The molecule has 3 rings (SSSR count). The van der Waals surface area contributed by atoms with Gasteiger partial charge in [-0.05, 0) is 35.9 Å². The van der Waals surface area contributed by atoms with E-state index in [0.29, 0.717) is 22.8 Å². The zero-order valence-corrected chi connectivity index (χ0v) is 12.7. The van der Waals surface area contributed by atoms with Crippen molar-refractivity contribution in [3.8, 4) is 11.5 Å². The molecule has 0 fully saturated rings. The highest BCUT2D eigenvalue weighted by molar-refractivity contribution is 7.99. The fraction of sp³-hybridized carbons (Fsp3) is 0.188. The van der Waals surface area contributed by atoms with Gasteiger partial charge in [0.25, 0.3) is 0 Å². The minimum absolute atomic E-state index is 0.0901. The zero-order valence-electron chi connectivity index (χ0n) is 11.2. The van der Waals surface area contributed by atoms with Gasteiger partial charge < -0.3 is 9.47 Å². The third-order valence-corrected chi connectivity index (χ3v) is 4.37. The van der Waals surface area contributed by atoms with Gasteiger partial charge in [0.05, 0.1) is 5.75 Å². The monoisotopic (exact) mass is 320 g/mol. The highest BCUT2D eigenvalue weighted by Crippen LogP contribution is 2.32. The van der Waals surface area contributed by atoms with Crippen LogP contribution in [0, 0.1) is 0 Å². The molecule has 0 amide bonds. The van der Waals surface area contributed by atoms with Gasteiger partial charge in [0.1, 0.15) is 0 Å². The molecule has 0 bridgehead atoms. The lowest BCUT2D eigenvalue weighted by atomic mass is 10.1. The largest absolute Gasteiger partial charge is 0.454 e. The van der Waals surface area contributed by atoms with Gasteiger partial charge in [0.2, 0.25) is 6.79 Å². The fourth-order valence-electron chi connectivity index (χ4n) is 2.00. The SMILES string of the molecule is O=C(CSCc1ccc(Cl)cc1)c1ccc2c(c1)OCO2. The van der Waals surface area contributed by atoms with E-state index in [4.69, 9.17) is 21.1 Å². The molecule has 0 aliphatic carbocycles. The van der Waals surface area contributed by atoms with Crippen molar-refractivity contribution in [3.63, 3.8) is 0 Å². The molecule has 0 saturated carbocycles. The number of hydrogen-bond acceptors (Lipinski definition) is 4. The van der Waals surface area contributed by atoms with Crippen LogP contribution in [0.5, 0.6) is 11.5 Å². The first kappa shape index (κ1) is 14.3. The van der Waals surface area contributed by atoms with Crippen molar-refractivity contribution in [2.24, 2.45) is 0 Å². The number of carbonyl (C=O) groups excluding carboxylic acids is 1. The van der Waals surface area contributed by atoms with Crippen molar-refractivity contribution in [3.05, 3.63) is 58.6 Å². The molecule has 2 aromatic carbocycles. The molecule has 3 nitrogen and oxygen atoms in total. The van der Waals surface area contributed by atoms with Crippen LogP contribution >= 0.6 is 23.4 Å². The summed E-state index contributed by atoms with van der Waals surface area (Å²) in [5, 5.41) is 0.722. The number of hydrogen-bond donors (Lipinski definition) is 0. The van der Waals surface area contributed by atoms with Crippen LogP contribution in [-0.2, 0) is 5.75 Å². The molecular weight excluding hydrogens is 308 g/mol. The highest BCUT2D eigenvalue weighted by Gasteiger charge is 2.16. The topological polar surface area (TPSA) is 35.5 Å². The van der Waals surface area contributed by atoms with Gasteiger partial charge in [0, 0.05) is 16.3 Å². The Kier molecular flexibility index (Phi) is 4.36. The maximum absolute atomic E-state index is 12.2. The number of fused-ring (bicyclic) bond motifs is 1. The number of thioether (sulfide) groups is 1. The third kappa shape index (κ3) is 3.52. The molecule has 0 unspecified atom stereocenters. The molecule has 0 aromatic heterocycles. The lowest BCUT2D eigenvalue weighted by molar-refractivity contribution is 0.102. The van der Waals surface area contributed by atoms with E-state index >= 15 is 0 Å². The molecule has 1 heterocycles. The van der Waals surface area contributed by atoms with E-state index in [-0.39, 0.29) is 12.6 Å². The van der Waals surface area contributed by atoms with Gasteiger partial charge in [-0.15, -0.1) is 11.8 Å². The normalized spacial score (nSPS) is 12.4. The van der Waals surface area contributed by atoms with Crippen LogP contribution in [0.3, 0.4) is 0 Å². The highest BCUT2D eigenvalue weighted by atomic mass is 35.5. The van der Waals surface area contributed by atoms with Gasteiger partial charge in [-0.2, -0.15) is 0 Å². The maximum atomic E-state index is 12.2. The Morgan fingerprint density at radius 1 is 1.10 bits per heavy atom. The maximum Gasteiger partial charge on any atom is 0.231 e. The molecule has 1 aliphatic heterocycles. The Hall–Kier alpha value is -1.65. The molecule has 0 radical (unpaired) electrons. The van der Waals surface area contributed by atoms with Gasteiger partial charge in [-0.3, -0.25) is 4.79 Å². The summed E-state index contributed by atoms with van der Waals surface area (Å²) in [6.45, 7) is 0.221. The Labute approximate surface area is 132 Å². The number of halogens is 1. The predicted molar refractivity (Wildman–Crippen MR) is 84.5 cm³/mol. The second kappa shape index (κ2) is 6.41. The summed E-state index contributed by atoms with van der Waals surface area (Å²) in [6.07, 6.45) is 0. The molecule has 5 heteroatoms. The Bertz CT molecular complexity index is 655. The number of rotatable bonds is 5. The summed E-state index contributed by atoms with van der Waals surface area (Å²) in [5.41, 5.74) is 1.81. The zero-order chi connectivity index (χ0) is 14.7. The average molecular weight is 321 g/mol. The molecule has 0 spiro atoms. The lowest BCUT2D eigenvalue weighted by Crippen LogP contribution is -2.02. The Morgan fingerprint density at radius 3 is 2.67 bits per heavy atom. The van der Waals surface area contributed by atoms with Crippen LogP contribution in [0.15, 0.2) is 42.5 Å². The average Bonchev–Trinajstić information content (AvgIpc) is 2.96. The first-order valence-electron chi connectivity index (χ1n) is 6.47. The first-order chi connectivity index (χ1) is 10.2. The summed E-state index contributed by atoms with van der Waals surface area (Å²) >= 11 is 7.42. The first-order valence-corrected chi connectivity index (χ1v) is 8.01. The number of carbonyl (C=O) groups is 1. The second-order valence-corrected chi connectivity index (χ2v) is 6.03. The van der Waals surface area contributed by atoms with Crippen molar-refractivity contribution in [2.45, 2.75) is 5.75 Å². The van der Waals surface area contributed by atoms with Crippen molar-refractivity contribution < 1.29 is 14.3 Å². The molecule has 108 valence electrons. The van der Waals surface area contributed by atoms with Crippen molar-refractivity contribution in [2.75, 3.05) is 12.5 Å². The van der Waals surface area contributed by atoms with Crippen LogP contribution in [0.25, 0.3) is 0 Å².